The number of carbonyl (C=O) groups excluding carboxylic acids is 1. The van der Waals surface area contributed by atoms with Crippen molar-refractivity contribution in [3.8, 4) is 6.07 Å². The van der Waals surface area contributed by atoms with Gasteiger partial charge in [0.2, 0.25) is 5.91 Å². The minimum absolute atomic E-state index is 0. The molecule has 1 aromatic rings. The maximum absolute atomic E-state index is 12.7. The van der Waals surface area contributed by atoms with Crippen LogP contribution in [0.2, 0.25) is 0 Å². The predicted molar refractivity (Wildman–Crippen MR) is 92.0 cm³/mol. The highest BCUT2D eigenvalue weighted by molar-refractivity contribution is 5.86. The lowest BCUT2D eigenvalue weighted by molar-refractivity contribution is -0.140. The molecule has 0 radical (unpaired) electrons. The number of hydrogen-bond acceptors (Lipinski definition) is 6. The number of ether oxygens (including phenoxy) is 1. The Labute approximate surface area is 147 Å². The Bertz CT molecular complexity index is 619. The summed E-state index contributed by atoms with van der Waals surface area (Å²) in [5, 5.41) is 8.97. The van der Waals surface area contributed by atoms with Crippen LogP contribution < -0.4 is 10.6 Å². The van der Waals surface area contributed by atoms with Gasteiger partial charge in [0.05, 0.1) is 17.2 Å². The van der Waals surface area contributed by atoms with Crippen molar-refractivity contribution in [2.24, 2.45) is 5.73 Å². The number of hydrogen-bond donors (Lipinski definition) is 1. The van der Waals surface area contributed by atoms with E-state index in [2.05, 4.69) is 16.0 Å². The van der Waals surface area contributed by atoms with Crippen molar-refractivity contribution >= 4 is 24.1 Å². The first-order valence-corrected chi connectivity index (χ1v) is 7.89. The zero-order valence-corrected chi connectivity index (χ0v) is 14.3. The van der Waals surface area contributed by atoms with E-state index < -0.39 is 5.54 Å². The maximum atomic E-state index is 12.7. The SMILES string of the molecule is Cl.N#Cc1ccnc(N2CCN(C(=O)C3(N)CCOCC3)CC2)c1. The number of anilines is 1. The maximum Gasteiger partial charge on any atom is 0.242 e. The minimum Gasteiger partial charge on any atom is -0.381 e. The minimum atomic E-state index is -0.778. The van der Waals surface area contributed by atoms with Crippen LogP contribution in [0.25, 0.3) is 0 Å². The molecule has 8 heteroatoms. The molecule has 2 saturated heterocycles. The lowest BCUT2D eigenvalue weighted by Gasteiger charge is -2.41. The highest BCUT2D eigenvalue weighted by atomic mass is 35.5. The molecular weight excluding hydrogens is 330 g/mol. The van der Waals surface area contributed by atoms with Gasteiger partial charge in [-0.3, -0.25) is 4.79 Å². The summed E-state index contributed by atoms with van der Waals surface area (Å²) in [6, 6.07) is 5.59. The Morgan fingerprint density at radius 2 is 1.96 bits per heavy atom. The van der Waals surface area contributed by atoms with Crippen LogP contribution in [-0.4, -0.2) is 60.7 Å². The molecule has 0 aromatic carbocycles. The van der Waals surface area contributed by atoms with Gasteiger partial charge in [-0.1, -0.05) is 0 Å². The molecule has 2 fully saturated rings. The lowest BCUT2D eigenvalue weighted by atomic mass is 9.89. The zero-order chi connectivity index (χ0) is 16.3. The lowest BCUT2D eigenvalue weighted by Crippen LogP contribution is -2.61. The number of halogens is 1. The summed E-state index contributed by atoms with van der Waals surface area (Å²) >= 11 is 0. The molecule has 0 unspecified atom stereocenters. The third-order valence-corrected chi connectivity index (χ3v) is 4.58. The zero-order valence-electron chi connectivity index (χ0n) is 13.5. The van der Waals surface area contributed by atoms with Gasteiger partial charge in [-0.2, -0.15) is 5.26 Å². The second-order valence-corrected chi connectivity index (χ2v) is 6.06. The Balaban J connectivity index is 0.00000208. The van der Waals surface area contributed by atoms with Crippen molar-refractivity contribution in [2.45, 2.75) is 18.4 Å². The van der Waals surface area contributed by atoms with Gasteiger partial charge in [-0.25, -0.2) is 4.98 Å². The average molecular weight is 352 g/mol. The molecule has 0 bridgehead atoms. The van der Waals surface area contributed by atoms with Crippen molar-refractivity contribution < 1.29 is 9.53 Å². The van der Waals surface area contributed by atoms with Gasteiger partial charge in [-0.05, 0) is 25.0 Å². The van der Waals surface area contributed by atoms with E-state index in [9.17, 15) is 4.79 Å². The molecule has 0 saturated carbocycles. The number of pyridine rings is 1. The number of amides is 1. The van der Waals surface area contributed by atoms with Crippen LogP contribution in [0.3, 0.4) is 0 Å². The van der Waals surface area contributed by atoms with E-state index in [0.717, 1.165) is 5.82 Å². The van der Waals surface area contributed by atoms with Gasteiger partial charge in [0.25, 0.3) is 0 Å². The van der Waals surface area contributed by atoms with Crippen LogP contribution in [0, 0.1) is 11.3 Å². The van der Waals surface area contributed by atoms with Crippen molar-refractivity contribution in [3.05, 3.63) is 23.9 Å². The summed E-state index contributed by atoms with van der Waals surface area (Å²) in [4.78, 5) is 20.9. The third-order valence-electron chi connectivity index (χ3n) is 4.58. The fraction of sp³-hybridized carbons (Fsp3) is 0.562. The number of carbonyl (C=O) groups is 1. The smallest absolute Gasteiger partial charge is 0.242 e. The summed E-state index contributed by atoms with van der Waals surface area (Å²) in [7, 11) is 0. The number of rotatable bonds is 2. The molecule has 1 amide bonds. The van der Waals surface area contributed by atoms with E-state index in [-0.39, 0.29) is 18.3 Å². The van der Waals surface area contributed by atoms with E-state index in [1.807, 2.05) is 4.90 Å². The van der Waals surface area contributed by atoms with Gasteiger partial charge >= 0.3 is 0 Å². The first kappa shape index (κ1) is 18.5. The van der Waals surface area contributed by atoms with Crippen LogP contribution in [0.4, 0.5) is 5.82 Å². The van der Waals surface area contributed by atoms with Gasteiger partial charge in [0, 0.05) is 45.6 Å². The Morgan fingerprint density at radius 1 is 1.29 bits per heavy atom. The Hall–Kier alpha value is -1.88. The first-order valence-electron chi connectivity index (χ1n) is 7.89. The Morgan fingerprint density at radius 3 is 2.58 bits per heavy atom. The second kappa shape index (κ2) is 7.79. The fourth-order valence-electron chi connectivity index (χ4n) is 3.06. The van der Waals surface area contributed by atoms with Gasteiger partial charge in [-0.15, -0.1) is 12.4 Å². The molecule has 0 atom stereocenters. The second-order valence-electron chi connectivity index (χ2n) is 6.06. The molecule has 1 aromatic heterocycles. The number of nitriles is 1. The average Bonchev–Trinajstić information content (AvgIpc) is 2.62. The third kappa shape index (κ3) is 3.78. The van der Waals surface area contributed by atoms with Crippen molar-refractivity contribution in [1.29, 1.82) is 5.26 Å². The molecular formula is C16H22ClN5O2. The van der Waals surface area contributed by atoms with E-state index >= 15 is 0 Å². The molecule has 0 spiro atoms. The quantitative estimate of drug-likeness (QED) is 0.835. The van der Waals surface area contributed by atoms with Gasteiger partial charge < -0.3 is 20.3 Å². The van der Waals surface area contributed by atoms with Crippen LogP contribution in [0.15, 0.2) is 18.3 Å². The van der Waals surface area contributed by atoms with Crippen molar-refractivity contribution in [2.75, 3.05) is 44.3 Å². The molecule has 7 nitrogen and oxygen atoms in total. The Kier molecular flexibility index (Phi) is 5.99. The molecule has 2 aliphatic heterocycles. The molecule has 24 heavy (non-hydrogen) atoms. The predicted octanol–water partition coefficient (Wildman–Crippen LogP) is 0.532. The standard InChI is InChI=1S/C16H21N5O2.ClH/c17-12-13-1-4-19-14(11-13)20-5-7-21(8-6-20)15(22)16(18)2-9-23-10-3-16;/h1,4,11H,2-3,5-10,18H2;1H. The molecule has 0 aliphatic carbocycles. The number of nitrogens with zero attached hydrogens (tertiary/aromatic N) is 4. The van der Waals surface area contributed by atoms with Crippen LogP contribution >= 0.6 is 12.4 Å². The van der Waals surface area contributed by atoms with Crippen LogP contribution in [0.1, 0.15) is 18.4 Å². The monoisotopic (exact) mass is 351 g/mol. The van der Waals surface area contributed by atoms with Crippen LogP contribution in [-0.2, 0) is 9.53 Å². The molecule has 130 valence electrons. The number of aromatic nitrogens is 1. The molecule has 3 heterocycles. The highest BCUT2D eigenvalue weighted by Crippen LogP contribution is 2.22. The summed E-state index contributed by atoms with van der Waals surface area (Å²) in [6.45, 7) is 3.73. The highest BCUT2D eigenvalue weighted by Gasteiger charge is 2.39. The summed E-state index contributed by atoms with van der Waals surface area (Å²) in [6.07, 6.45) is 2.80. The van der Waals surface area contributed by atoms with E-state index in [0.29, 0.717) is 57.8 Å². The molecule has 2 N–H and O–H groups in total. The molecule has 3 rings (SSSR count). The molecule has 2 aliphatic rings. The van der Waals surface area contributed by atoms with E-state index in [1.165, 1.54) is 0 Å². The van der Waals surface area contributed by atoms with Crippen LogP contribution in [0.5, 0.6) is 0 Å². The van der Waals surface area contributed by atoms with Gasteiger partial charge in [0.15, 0.2) is 0 Å². The largest absolute Gasteiger partial charge is 0.381 e. The van der Waals surface area contributed by atoms with E-state index in [4.69, 9.17) is 15.7 Å². The van der Waals surface area contributed by atoms with Gasteiger partial charge in [0.1, 0.15) is 5.82 Å². The number of nitrogens with two attached hydrogens (primary N) is 1. The summed E-state index contributed by atoms with van der Waals surface area (Å²) < 4.78 is 5.31. The normalized spacial score (nSPS) is 20.0. The van der Waals surface area contributed by atoms with Crippen molar-refractivity contribution in [3.63, 3.8) is 0 Å². The van der Waals surface area contributed by atoms with Crippen molar-refractivity contribution in [1.82, 2.24) is 9.88 Å². The fourth-order valence-corrected chi connectivity index (χ4v) is 3.06. The topological polar surface area (TPSA) is 95.5 Å². The summed E-state index contributed by atoms with van der Waals surface area (Å²) in [5.74, 6) is 0.809. The number of piperazine rings is 1. The summed E-state index contributed by atoms with van der Waals surface area (Å²) in [5.41, 5.74) is 6.10. The first-order chi connectivity index (χ1) is 11.1. The van der Waals surface area contributed by atoms with E-state index in [1.54, 1.807) is 18.3 Å².